The van der Waals surface area contributed by atoms with Gasteiger partial charge in [0.25, 0.3) is 10.2 Å². The van der Waals surface area contributed by atoms with Gasteiger partial charge < -0.3 is 5.11 Å². The van der Waals surface area contributed by atoms with Gasteiger partial charge in [0.05, 0.1) is 11.3 Å². The van der Waals surface area contributed by atoms with Gasteiger partial charge in [0.15, 0.2) is 0 Å². The highest BCUT2D eigenvalue weighted by molar-refractivity contribution is 7.86. The topological polar surface area (TPSA) is 104 Å². The van der Waals surface area contributed by atoms with Gasteiger partial charge in [-0.2, -0.15) is 17.0 Å². The van der Waals surface area contributed by atoms with E-state index in [1.165, 1.54) is 28.9 Å². The Morgan fingerprint density at radius 2 is 2.15 bits per heavy atom. The van der Waals surface area contributed by atoms with Crippen LogP contribution < -0.4 is 0 Å². The molecule has 0 aromatic carbocycles. The van der Waals surface area contributed by atoms with Crippen molar-refractivity contribution in [1.29, 1.82) is 0 Å². The highest BCUT2D eigenvalue weighted by atomic mass is 32.2. The quantitative estimate of drug-likeness (QED) is 0.802. The summed E-state index contributed by atoms with van der Waals surface area (Å²) in [6.45, 7) is 0.957. The number of pyridine rings is 2. The van der Waals surface area contributed by atoms with Gasteiger partial charge in [-0.3, -0.25) is 9.97 Å². The van der Waals surface area contributed by atoms with Gasteiger partial charge in [0, 0.05) is 51.3 Å². The number of aromatic carboxylic acids is 1. The number of carboxylic acid groups (broad SMARTS) is 1. The lowest BCUT2D eigenvalue weighted by Gasteiger charge is -2.21. The molecule has 1 N–H and O–H groups in total. The van der Waals surface area contributed by atoms with Crippen LogP contribution in [0.15, 0.2) is 36.8 Å². The Hall–Kier alpha value is -2.36. The SMILES string of the molecule is CN(C)S(=O)(=O)N1CC[C@H](Cc2cccnc2-c2cncc(C(=O)O)c2)C1. The number of nitrogens with zero attached hydrogens (tertiary/aromatic N) is 4. The van der Waals surface area contributed by atoms with Crippen molar-refractivity contribution in [1.82, 2.24) is 18.6 Å². The molecule has 0 radical (unpaired) electrons. The third-order valence-corrected chi connectivity index (χ3v) is 6.60. The second-order valence-corrected chi connectivity index (χ2v) is 8.93. The second-order valence-electron chi connectivity index (χ2n) is 6.79. The van der Waals surface area contributed by atoms with E-state index in [1.807, 2.05) is 12.1 Å². The predicted molar refractivity (Wildman–Crippen MR) is 100 cm³/mol. The first-order chi connectivity index (χ1) is 12.8. The lowest BCUT2D eigenvalue weighted by molar-refractivity contribution is 0.0696. The summed E-state index contributed by atoms with van der Waals surface area (Å²) in [6.07, 6.45) is 5.99. The highest BCUT2D eigenvalue weighted by Crippen LogP contribution is 2.28. The number of hydrogen-bond donors (Lipinski definition) is 1. The van der Waals surface area contributed by atoms with Crippen LogP contribution in [-0.2, 0) is 16.6 Å². The van der Waals surface area contributed by atoms with Gasteiger partial charge in [0.1, 0.15) is 0 Å². The summed E-state index contributed by atoms with van der Waals surface area (Å²) in [6, 6.07) is 5.33. The molecule has 1 atom stereocenters. The van der Waals surface area contributed by atoms with E-state index < -0.39 is 16.2 Å². The first-order valence-corrected chi connectivity index (χ1v) is 9.99. The van der Waals surface area contributed by atoms with Gasteiger partial charge in [-0.05, 0) is 36.5 Å². The minimum absolute atomic E-state index is 0.105. The Morgan fingerprint density at radius 1 is 1.37 bits per heavy atom. The first-order valence-electron chi connectivity index (χ1n) is 8.59. The molecule has 1 aliphatic heterocycles. The molecule has 8 nitrogen and oxygen atoms in total. The number of aromatic nitrogens is 2. The molecule has 27 heavy (non-hydrogen) atoms. The largest absolute Gasteiger partial charge is 0.478 e. The van der Waals surface area contributed by atoms with E-state index in [4.69, 9.17) is 0 Å². The number of hydrogen-bond acceptors (Lipinski definition) is 5. The summed E-state index contributed by atoms with van der Waals surface area (Å²) in [5.41, 5.74) is 2.38. The fourth-order valence-corrected chi connectivity index (χ4v) is 4.46. The van der Waals surface area contributed by atoms with Crippen LogP contribution >= 0.6 is 0 Å². The van der Waals surface area contributed by atoms with Gasteiger partial charge in [0.2, 0.25) is 0 Å². The zero-order valence-electron chi connectivity index (χ0n) is 15.2. The molecule has 1 fully saturated rings. The van der Waals surface area contributed by atoms with Crippen molar-refractivity contribution in [3.05, 3.63) is 47.9 Å². The predicted octanol–water partition coefficient (Wildman–Crippen LogP) is 1.51. The smallest absolute Gasteiger partial charge is 0.337 e. The van der Waals surface area contributed by atoms with Gasteiger partial charge in [-0.1, -0.05) is 6.07 Å². The molecular formula is C18H22N4O4S. The van der Waals surface area contributed by atoms with E-state index in [-0.39, 0.29) is 11.5 Å². The highest BCUT2D eigenvalue weighted by Gasteiger charge is 2.33. The Labute approximate surface area is 158 Å². The zero-order chi connectivity index (χ0) is 19.6. The molecule has 0 unspecified atom stereocenters. The average Bonchev–Trinajstić information content (AvgIpc) is 3.11. The van der Waals surface area contributed by atoms with Crippen molar-refractivity contribution in [2.24, 2.45) is 5.92 Å². The Balaban J connectivity index is 1.82. The second kappa shape index (κ2) is 7.71. The molecule has 0 aliphatic carbocycles. The molecule has 2 aromatic heterocycles. The maximum absolute atomic E-state index is 12.3. The van der Waals surface area contributed by atoms with Gasteiger partial charge >= 0.3 is 5.97 Å². The third kappa shape index (κ3) is 4.15. The molecular weight excluding hydrogens is 368 g/mol. The Morgan fingerprint density at radius 3 is 2.85 bits per heavy atom. The summed E-state index contributed by atoms with van der Waals surface area (Å²) in [5.74, 6) is -0.861. The number of rotatable bonds is 6. The summed E-state index contributed by atoms with van der Waals surface area (Å²) in [4.78, 5) is 19.6. The fraction of sp³-hybridized carbons (Fsp3) is 0.389. The van der Waals surface area contributed by atoms with Crippen molar-refractivity contribution in [2.75, 3.05) is 27.2 Å². The van der Waals surface area contributed by atoms with E-state index in [0.29, 0.717) is 30.8 Å². The molecule has 2 aromatic rings. The average molecular weight is 390 g/mol. The van der Waals surface area contributed by atoms with Crippen LogP contribution in [0.2, 0.25) is 0 Å². The van der Waals surface area contributed by atoms with E-state index in [0.717, 1.165) is 12.0 Å². The summed E-state index contributed by atoms with van der Waals surface area (Å²) in [7, 11) is -0.339. The van der Waals surface area contributed by atoms with Crippen LogP contribution in [-0.4, -0.2) is 65.3 Å². The fourth-order valence-electron chi connectivity index (χ4n) is 3.26. The molecule has 0 saturated carbocycles. The maximum Gasteiger partial charge on any atom is 0.337 e. The van der Waals surface area contributed by atoms with Crippen LogP contribution in [0.25, 0.3) is 11.3 Å². The molecule has 0 bridgehead atoms. The minimum atomic E-state index is -3.40. The van der Waals surface area contributed by atoms with E-state index in [1.54, 1.807) is 18.5 Å². The molecule has 9 heteroatoms. The molecule has 0 amide bonds. The van der Waals surface area contributed by atoms with Crippen molar-refractivity contribution in [3.8, 4) is 11.3 Å². The van der Waals surface area contributed by atoms with Crippen LogP contribution in [0.4, 0.5) is 0 Å². The normalized spacial score (nSPS) is 18.1. The van der Waals surface area contributed by atoms with E-state index >= 15 is 0 Å². The van der Waals surface area contributed by atoms with Crippen molar-refractivity contribution in [2.45, 2.75) is 12.8 Å². The van der Waals surface area contributed by atoms with Crippen molar-refractivity contribution < 1.29 is 18.3 Å². The maximum atomic E-state index is 12.3. The molecule has 0 spiro atoms. The summed E-state index contributed by atoms with van der Waals surface area (Å²) in [5, 5.41) is 9.18. The van der Waals surface area contributed by atoms with Crippen LogP contribution in [0, 0.1) is 5.92 Å². The number of carboxylic acids is 1. The minimum Gasteiger partial charge on any atom is -0.478 e. The van der Waals surface area contributed by atoms with Gasteiger partial charge in [-0.25, -0.2) is 4.79 Å². The Kier molecular flexibility index (Phi) is 5.54. The van der Waals surface area contributed by atoms with E-state index in [2.05, 4.69) is 9.97 Å². The zero-order valence-corrected chi connectivity index (χ0v) is 16.1. The molecule has 1 aliphatic rings. The summed E-state index contributed by atoms with van der Waals surface area (Å²) < 4.78 is 27.3. The van der Waals surface area contributed by atoms with Crippen LogP contribution in [0.3, 0.4) is 0 Å². The summed E-state index contributed by atoms with van der Waals surface area (Å²) >= 11 is 0. The number of carbonyl (C=O) groups is 1. The van der Waals surface area contributed by atoms with Crippen LogP contribution in [0.1, 0.15) is 22.3 Å². The van der Waals surface area contributed by atoms with Gasteiger partial charge in [-0.15, -0.1) is 0 Å². The van der Waals surface area contributed by atoms with Crippen molar-refractivity contribution in [3.63, 3.8) is 0 Å². The lowest BCUT2D eigenvalue weighted by Crippen LogP contribution is -2.38. The Bertz CT molecular complexity index is 946. The van der Waals surface area contributed by atoms with Crippen LogP contribution in [0.5, 0.6) is 0 Å². The van der Waals surface area contributed by atoms with E-state index in [9.17, 15) is 18.3 Å². The monoisotopic (exact) mass is 390 g/mol. The lowest BCUT2D eigenvalue weighted by atomic mass is 9.95. The first kappa shape index (κ1) is 19.4. The van der Waals surface area contributed by atoms with Crippen molar-refractivity contribution >= 4 is 16.2 Å². The molecule has 1 saturated heterocycles. The molecule has 3 heterocycles. The molecule has 3 rings (SSSR count). The third-order valence-electron chi connectivity index (χ3n) is 4.69. The standard InChI is InChI=1S/C18H22N4O4S/c1-21(2)27(25,26)22-7-5-13(12-22)8-14-4-3-6-20-17(14)15-9-16(18(23)24)11-19-10-15/h3-4,6,9-11,13H,5,7-8,12H2,1-2H3,(H,23,24)/t13-/m1/s1. The molecule has 144 valence electrons.